The van der Waals surface area contributed by atoms with Gasteiger partial charge in [0.1, 0.15) is 0 Å². The Morgan fingerprint density at radius 2 is 2.12 bits per heavy atom. The van der Waals surface area contributed by atoms with Gasteiger partial charge in [0.25, 0.3) is 0 Å². The summed E-state index contributed by atoms with van der Waals surface area (Å²) in [6.07, 6.45) is 0.891. The lowest BCUT2D eigenvalue weighted by Crippen LogP contribution is -2.11. The minimum Gasteiger partial charge on any atom is -0.469 e. The summed E-state index contributed by atoms with van der Waals surface area (Å²) in [6.45, 7) is 2.28. The average Bonchev–Trinajstić information content (AvgIpc) is 2.37. The number of nitrogens with two attached hydrogens (primary N) is 1. The third-order valence-electron chi connectivity index (χ3n) is 2.76. The van der Waals surface area contributed by atoms with E-state index in [0.29, 0.717) is 12.1 Å². The van der Waals surface area contributed by atoms with Gasteiger partial charge in [-0.3, -0.25) is 4.79 Å². The Balaban J connectivity index is 3.31. The van der Waals surface area contributed by atoms with Crippen molar-refractivity contribution < 1.29 is 9.53 Å². The van der Waals surface area contributed by atoms with Crippen LogP contribution in [-0.2, 0) is 28.9 Å². The standard InChI is InChI=1S/C13H16N2O2/c1-3-9-4-5-10(7-14)12(8-15)11(9)6-13(16)17-2/h4-5H,3,6-7,14H2,1-2H3. The number of esters is 1. The molecular weight excluding hydrogens is 216 g/mol. The highest BCUT2D eigenvalue weighted by molar-refractivity contribution is 5.74. The second-order valence-corrected chi connectivity index (χ2v) is 3.66. The number of hydrogen-bond donors (Lipinski definition) is 1. The lowest BCUT2D eigenvalue weighted by molar-refractivity contribution is -0.139. The van der Waals surface area contributed by atoms with E-state index in [4.69, 9.17) is 5.73 Å². The zero-order chi connectivity index (χ0) is 12.8. The fourth-order valence-corrected chi connectivity index (χ4v) is 1.80. The van der Waals surface area contributed by atoms with Crippen molar-refractivity contribution in [1.29, 1.82) is 5.26 Å². The van der Waals surface area contributed by atoms with E-state index in [1.165, 1.54) is 7.11 Å². The van der Waals surface area contributed by atoms with Crippen molar-refractivity contribution in [3.05, 3.63) is 34.4 Å². The molecule has 0 fully saturated rings. The zero-order valence-electron chi connectivity index (χ0n) is 10.1. The zero-order valence-corrected chi connectivity index (χ0v) is 10.1. The van der Waals surface area contributed by atoms with E-state index in [2.05, 4.69) is 10.8 Å². The van der Waals surface area contributed by atoms with Gasteiger partial charge in [0, 0.05) is 6.54 Å². The first kappa shape index (κ1) is 13.2. The van der Waals surface area contributed by atoms with Crippen molar-refractivity contribution in [3.63, 3.8) is 0 Å². The largest absolute Gasteiger partial charge is 0.469 e. The molecule has 0 aromatic heterocycles. The quantitative estimate of drug-likeness (QED) is 0.794. The summed E-state index contributed by atoms with van der Waals surface area (Å²) in [5.41, 5.74) is 8.59. The number of rotatable bonds is 4. The highest BCUT2D eigenvalue weighted by Crippen LogP contribution is 2.20. The van der Waals surface area contributed by atoms with Crippen molar-refractivity contribution in [1.82, 2.24) is 0 Å². The van der Waals surface area contributed by atoms with E-state index in [9.17, 15) is 10.1 Å². The molecule has 0 aliphatic carbocycles. The third-order valence-corrected chi connectivity index (χ3v) is 2.76. The summed E-state index contributed by atoms with van der Waals surface area (Å²) in [7, 11) is 1.34. The van der Waals surface area contributed by atoms with Gasteiger partial charge in [-0.25, -0.2) is 0 Å². The maximum absolute atomic E-state index is 11.4. The number of aryl methyl sites for hydroxylation is 1. The number of nitriles is 1. The van der Waals surface area contributed by atoms with Crippen LogP contribution in [0.3, 0.4) is 0 Å². The van der Waals surface area contributed by atoms with Crippen LogP contribution in [0.5, 0.6) is 0 Å². The summed E-state index contributed by atoms with van der Waals surface area (Å²) in [6, 6.07) is 5.89. The topological polar surface area (TPSA) is 76.1 Å². The maximum Gasteiger partial charge on any atom is 0.310 e. The summed E-state index contributed by atoms with van der Waals surface area (Å²) in [5.74, 6) is -0.342. The Hall–Kier alpha value is -1.86. The average molecular weight is 232 g/mol. The van der Waals surface area contributed by atoms with Crippen LogP contribution in [0.15, 0.2) is 12.1 Å². The Morgan fingerprint density at radius 1 is 1.47 bits per heavy atom. The molecule has 0 heterocycles. The Kier molecular flexibility index (Phi) is 4.68. The summed E-state index contributed by atoms with van der Waals surface area (Å²) in [5, 5.41) is 9.18. The van der Waals surface area contributed by atoms with Crippen LogP contribution in [-0.4, -0.2) is 13.1 Å². The first-order valence-corrected chi connectivity index (χ1v) is 5.48. The fraction of sp³-hybridized carbons (Fsp3) is 0.385. The number of ether oxygens (including phenoxy) is 1. The highest BCUT2D eigenvalue weighted by atomic mass is 16.5. The normalized spacial score (nSPS) is 9.76. The minimum absolute atomic E-state index is 0.121. The van der Waals surface area contributed by atoms with Gasteiger partial charge < -0.3 is 10.5 Å². The molecule has 0 unspecified atom stereocenters. The molecule has 4 nitrogen and oxygen atoms in total. The van der Waals surface area contributed by atoms with Crippen molar-refractivity contribution >= 4 is 5.97 Å². The van der Waals surface area contributed by atoms with Crippen LogP contribution in [0.2, 0.25) is 0 Å². The van der Waals surface area contributed by atoms with Crippen LogP contribution in [0.25, 0.3) is 0 Å². The molecule has 90 valence electrons. The molecule has 0 bridgehead atoms. The molecule has 1 rings (SSSR count). The van der Waals surface area contributed by atoms with E-state index in [1.807, 2.05) is 19.1 Å². The second kappa shape index (κ2) is 6.02. The van der Waals surface area contributed by atoms with Crippen molar-refractivity contribution in [3.8, 4) is 6.07 Å². The Bertz CT molecular complexity index is 461. The number of carbonyl (C=O) groups is 1. The lowest BCUT2D eigenvalue weighted by atomic mass is 9.93. The van der Waals surface area contributed by atoms with E-state index in [1.54, 1.807) is 0 Å². The molecule has 17 heavy (non-hydrogen) atoms. The lowest BCUT2D eigenvalue weighted by Gasteiger charge is -2.12. The number of carbonyl (C=O) groups excluding carboxylic acids is 1. The monoisotopic (exact) mass is 232 g/mol. The van der Waals surface area contributed by atoms with Crippen LogP contribution < -0.4 is 5.73 Å². The van der Waals surface area contributed by atoms with Crippen molar-refractivity contribution in [2.24, 2.45) is 5.73 Å². The Labute approximate surface area is 101 Å². The molecule has 0 radical (unpaired) electrons. The number of nitrogens with zero attached hydrogens (tertiary/aromatic N) is 1. The van der Waals surface area contributed by atoms with Gasteiger partial charge in [0.15, 0.2) is 0 Å². The summed E-state index contributed by atoms with van der Waals surface area (Å²) in [4.78, 5) is 11.4. The molecule has 0 spiro atoms. The van der Waals surface area contributed by atoms with Gasteiger partial charge in [0.2, 0.25) is 0 Å². The predicted octanol–water partition coefficient (Wildman–Crippen LogP) is 1.29. The van der Waals surface area contributed by atoms with E-state index < -0.39 is 0 Å². The number of methoxy groups -OCH3 is 1. The molecule has 0 amide bonds. The van der Waals surface area contributed by atoms with E-state index >= 15 is 0 Å². The number of benzene rings is 1. The van der Waals surface area contributed by atoms with E-state index in [0.717, 1.165) is 23.1 Å². The van der Waals surface area contributed by atoms with Crippen LogP contribution in [0, 0.1) is 11.3 Å². The minimum atomic E-state index is -0.342. The fourth-order valence-electron chi connectivity index (χ4n) is 1.80. The smallest absolute Gasteiger partial charge is 0.310 e. The van der Waals surface area contributed by atoms with Crippen molar-refractivity contribution in [2.45, 2.75) is 26.3 Å². The molecule has 2 N–H and O–H groups in total. The Morgan fingerprint density at radius 3 is 2.59 bits per heavy atom. The first-order chi connectivity index (χ1) is 8.17. The molecule has 0 atom stereocenters. The van der Waals surface area contributed by atoms with Gasteiger partial charge >= 0.3 is 5.97 Å². The van der Waals surface area contributed by atoms with Gasteiger partial charge in [-0.05, 0) is 23.1 Å². The highest BCUT2D eigenvalue weighted by Gasteiger charge is 2.15. The SMILES string of the molecule is CCc1ccc(CN)c(C#N)c1CC(=O)OC. The first-order valence-electron chi connectivity index (χ1n) is 5.48. The van der Waals surface area contributed by atoms with Crippen LogP contribution in [0.4, 0.5) is 0 Å². The van der Waals surface area contributed by atoms with E-state index in [-0.39, 0.29) is 12.4 Å². The molecule has 0 aliphatic heterocycles. The van der Waals surface area contributed by atoms with Gasteiger partial charge in [-0.15, -0.1) is 0 Å². The van der Waals surface area contributed by atoms with Gasteiger partial charge in [-0.2, -0.15) is 5.26 Å². The molecule has 0 saturated heterocycles. The summed E-state index contributed by atoms with van der Waals surface area (Å²) >= 11 is 0. The molecule has 0 saturated carbocycles. The molecule has 1 aromatic carbocycles. The maximum atomic E-state index is 11.4. The second-order valence-electron chi connectivity index (χ2n) is 3.66. The molecule has 0 aliphatic rings. The third kappa shape index (κ3) is 2.83. The molecule has 1 aromatic rings. The van der Waals surface area contributed by atoms with Crippen LogP contribution >= 0.6 is 0 Å². The summed E-state index contributed by atoms with van der Waals surface area (Å²) < 4.78 is 4.65. The van der Waals surface area contributed by atoms with Gasteiger partial charge in [-0.1, -0.05) is 19.1 Å². The predicted molar refractivity (Wildman–Crippen MR) is 64.1 cm³/mol. The molecular formula is C13H16N2O2. The number of hydrogen-bond acceptors (Lipinski definition) is 4. The van der Waals surface area contributed by atoms with Crippen molar-refractivity contribution in [2.75, 3.05) is 7.11 Å². The van der Waals surface area contributed by atoms with Crippen LogP contribution in [0.1, 0.15) is 29.2 Å². The van der Waals surface area contributed by atoms with Gasteiger partial charge in [0.05, 0.1) is 25.2 Å². The molecule has 4 heteroatoms.